The third-order valence-electron chi connectivity index (χ3n) is 1.68. The van der Waals surface area contributed by atoms with E-state index in [1.807, 2.05) is 61.4 Å². The number of alkyl halides is 6. The zero-order valence-electron chi connectivity index (χ0n) is 12.8. The molecule has 2 rings (SSSR count). The van der Waals surface area contributed by atoms with Gasteiger partial charge in [0, 0.05) is 12.8 Å². The Labute approximate surface area is 166 Å². The molecule has 2 radical (unpaired) electrons. The van der Waals surface area contributed by atoms with E-state index >= 15 is 0 Å². The van der Waals surface area contributed by atoms with Gasteiger partial charge in [-0.15, -0.1) is 0 Å². The average molecular weight is 476 g/mol. The molecular weight excluding hydrogens is 466 g/mol. The molecule has 0 saturated carbocycles. The number of allylic oxidation sites excluding steroid dienone is 8. The van der Waals surface area contributed by atoms with Crippen molar-refractivity contribution >= 4 is 20.2 Å². The smallest absolute Gasteiger partial charge is 0.741 e. The van der Waals surface area contributed by atoms with Crippen molar-refractivity contribution in [1.29, 1.82) is 0 Å². The summed E-state index contributed by atoms with van der Waals surface area (Å²) < 4.78 is 118. The minimum absolute atomic E-state index is 0. The van der Waals surface area contributed by atoms with Crippen molar-refractivity contribution in [3.8, 4) is 0 Å². The third-order valence-corrected chi connectivity index (χ3v) is 2.81. The van der Waals surface area contributed by atoms with Crippen molar-refractivity contribution in [3.05, 3.63) is 61.4 Å². The number of hydrogen-bond acceptors (Lipinski definition) is 6. The predicted octanol–water partition coefficient (Wildman–Crippen LogP) is 2.73. The molecule has 0 aliphatic heterocycles. The van der Waals surface area contributed by atoms with Gasteiger partial charge in [0.05, 0.1) is 0 Å². The normalized spacial score (nSPS) is 14.8. The van der Waals surface area contributed by atoms with Crippen molar-refractivity contribution < 1.29 is 74.0 Å². The van der Waals surface area contributed by atoms with E-state index in [2.05, 4.69) is 0 Å². The Balaban J connectivity index is -0.000000286. The molecule has 152 valence electrons. The van der Waals surface area contributed by atoms with Crippen LogP contribution in [0.25, 0.3) is 0 Å². The summed E-state index contributed by atoms with van der Waals surface area (Å²) >= 11 is 0. The van der Waals surface area contributed by atoms with E-state index < -0.39 is 31.3 Å². The monoisotopic (exact) mass is 476 g/mol. The first-order chi connectivity index (χ1) is 11.5. The minimum Gasteiger partial charge on any atom is -0.741 e. The molecule has 0 amide bonds. The summed E-state index contributed by atoms with van der Waals surface area (Å²) in [5.74, 6) is 0. The molecule has 0 saturated heterocycles. The summed E-state index contributed by atoms with van der Waals surface area (Å²) in [5, 5.41) is 0. The van der Waals surface area contributed by atoms with Crippen LogP contribution in [0.2, 0.25) is 0 Å². The van der Waals surface area contributed by atoms with E-state index in [4.69, 9.17) is 25.9 Å². The van der Waals surface area contributed by atoms with Crippen LogP contribution in [0.5, 0.6) is 0 Å². The molecule has 2 aliphatic rings. The molecule has 15 heteroatoms. The summed E-state index contributed by atoms with van der Waals surface area (Å²) in [6.45, 7) is 0. The maximum Gasteiger partial charge on any atom is 2.00 e. The van der Waals surface area contributed by atoms with Crippen LogP contribution in [0.4, 0.5) is 26.3 Å². The fourth-order valence-corrected chi connectivity index (χ4v) is 0.642. The number of halogens is 6. The van der Waals surface area contributed by atoms with Crippen molar-refractivity contribution in [2.24, 2.45) is 0 Å². The molecule has 0 bridgehead atoms. The van der Waals surface area contributed by atoms with E-state index in [9.17, 15) is 26.3 Å². The fraction of sp³-hybridized carbons (Fsp3) is 0.167. The van der Waals surface area contributed by atoms with Gasteiger partial charge in [0.1, 0.15) is 0 Å². The van der Waals surface area contributed by atoms with Crippen LogP contribution >= 0.6 is 0 Å². The second kappa shape index (κ2) is 13.3. The summed E-state index contributed by atoms with van der Waals surface area (Å²) in [4.78, 5) is 0. The second-order valence-electron chi connectivity index (χ2n) is 3.72. The quantitative estimate of drug-likeness (QED) is 0.230. The molecule has 6 nitrogen and oxygen atoms in total. The Morgan fingerprint density at radius 3 is 0.704 bits per heavy atom. The first-order valence-electron chi connectivity index (χ1n) is 5.88. The molecule has 0 aromatic carbocycles. The molecule has 0 heterocycles. The van der Waals surface area contributed by atoms with Crippen molar-refractivity contribution in [1.82, 2.24) is 0 Å². The molecular formula is C12H10F6O6S2Ti. The summed E-state index contributed by atoms with van der Waals surface area (Å²) in [6, 6.07) is 0. The number of hydrogen-bond donors (Lipinski definition) is 0. The van der Waals surface area contributed by atoms with E-state index in [0.29, 0.717) is 0 Å². The number of rotatable bonds is 0. The molecule has 2 aliphatic carbocycles. The van der Waals surface area contributed by atoms with E-state index in [1.165, 1.54) is 0 Å². The zero-order chi connectivity index (χ0) is 21.1. The van der Waals surface area contributed by atoms with Crippen LogP contribution in [-0.2, 0) is 42.0 Å². The van der Waals surface area contributed by atoms with Crippen LogP contribution in [0, 0.1) is 12.8 Å². The second-order valence-corrected chi connectivity index (χ2v) is 6.47. The predicted molar refractivity (Wildman–Crippen MR) is 76.7 cm³/mol. The zero-order valence-corrected chi connectivity index (χ0v) is 16.0. The van der Waals surface area contributed by atoms with Crippen LogP contribution in [-0.4, -0.2) is 37.0 Å². The van der Waals surface area contributed by atoms with Crippen molar-refractivity contribution in [2.45, 2.75) is 11.0 Å². The van der Waals surface area contributed by atoms with Gasteiger partial charge in [-0.1, -0.05) is 48.6 Å². The Morgan fingerprint density at radius 1 is 0.519 bits per heavy atom. The summed E-state index contributed by atoms with van der Waals surface area (Å²) in [7, 11) is -12.2. The van der Waals surface area contributed by atoms with Gasteiger partial charge in [-0.3, -0.25) is 0 Å². The summed E-state index contributed by atoms with van der Waals surface area (Å²) in [6.07, 6.45) is 20.0. The molecule has 0 aromatic rings. The van der Waals surface area contributed by atoms with Crippen molar-refractivity contribution in [3.63, 3.8) is 0 Å². The first kappa shape index (κ1) is 30.8. The van der Waals surface area contributed by atoms with Gasteiger partial charge in [-0.05, 0) is 0 Å². The molecule has 0 aromatic heterocycles. The Bertz CT molecular complexity index is 649. The standard InChI is InChI=1S/2C5H5.2CHF3O3S.Ti/c2*1-2-4-5-3-1;2*2-1(3,4)8(5,6)7;/h2*1-5H;2*(H,5,6,7);/q;;;;+2/p-2. The van der Waals surface area contributed by atoms with Gasteiger partial charge in [0.15, 0.2) is 20.2 Å². The van der Waals surface area contributed by atoms with Crippen LogP contribution in [0.15, 0.2) is 48.6 Å². The van der Waals surface area contributed by atoms with Crippen LogP contribution < -0.4 is 0 Å². The van der Waals surface area contributed by atoms with Gasteiger partial charge < -0.3 is 9.11 Å². The fourth-order valence-electron chi connectivity index (χ4n) is 0.642. The molecule has 0 fully saturated rings. The SMILES string of the molecule is O=S(=O)([O-])C(F)(F)F.O=S(=O)([O-])C(F)(F)F.[CH]1C=CC=C1.[CH]1C=CC=C1.[Ti+2]. The largest absolute Gasteiger partial charge is 2.00 e. The van der Waals surface area contributed by atoms with Gasteiger partial charge in [-0.25, -0.2) is 16.8 Å². The van der Waals surface area contributed by atoms with Gasteiger partial charge in [-0.2, -0.15) is 26.3 Å². The molecule has 0 unspecified atom stereocenters. The molecule has 27 heavy (non-hydrogen) atoms. The van der Waals surface area contributed by atoms with Gasteiger partial charge >= 0.3 is 32.7 Å². The van der Waals surface area contributed by atoms with E-state index in [-0.39, 0.29) is 21.7 Å². The van der Waals surface area contributed by atoms with Gasteiger partial charge in [0.2, 0.25) is 0 Å². The Kier molecular flexibility index (Phi) is 15.1. The minimum atomic E-state index is -6.09. The molecule has 0 atom stereocenters. The molecule has 0 spiro atoms. The average Bonchev–Trinajstić information content (AvgIpc) is 3.15. The summed E-state index contributed by atoms with van der Waals surface area (Å²) in [5.41, 5.74) is -11.3. The first-order valence-corrected chi connectivity index (χ1v) is 8.69. The molecule has 0 N–H and O–H groups in total. The van der Waals surface area contributed by atoms with Gasteiger partial charge in [0.25, 0.3) is 0 Å². The van der Waals surface area contributed by atoms with Crippen LogP contribution in [0.1, 0.15) is 0 Å². The maximum atomic E-state index is 10.7. The maximum absolute atomic E-state index is 10.7. The third kappa shape index (κ3) is 18.2. The van der Waals surface area contributed by atoms with Crippen molar-refractivity contribution in [2.75, 3.05) is 0 Å². The van der Waals surface area contributed by atoms with E-state index in [1.54, 1.807) is 0 Å². The Morgan fingerprint density at radius 2 is 0.667 bits per heavy atom. The van der Waals surface area contributed by atoms with Crippen LogP contribution in [0.3, 0.4) is 0 Å². The topological polar surface area (TPSA) is 114 Å². The van der Waals surface area contributed by atoms with E-state index in [0.717, 1.165) is 0 Å². The Hall–Kier alpha value is -0.926.